The molecule has 7 nitrogen and oxygen atoms in total. The molecule has 134 valence electrons. The second kappa shape index (κ2) is 6.53. The summed E-state index contributed by atoms with van der Waals surface area (Å²) in [7, 11) is 0. The standard InChI is InChI=1S/C18H18N4O3S/c1-9(2)16-11(8-19-10(3)20-16)17(23)22-18-21-12-6-13-14(7-15(12)26-18)25-5-4-24-13/h6-9H,4-5H2,1-3H3,(H,21,22,23). The molecule has 26 heavy (non-hydrogen) atoms. The van der Waals surface area contributed by atoms with E-state index >= 15 is 0 Å². The molecule has 1 amide bonds. The van der Waals surface area contributed by atoms with Crippen LogP contribution in [0.15, 0.2) is 18.3 Å². The molecule has 0 bridgehead atoms. The molecule has 0 saturated heterocycles. The summed E-state index contributed by atoms with van der Waals surface area (Å²) in [5.41, 5.74) is 1.96. The van der Waals surface area contributed by atoms with Crippen molar-refractivity contribution >= 4 is 32.6 Å². The Morgan fingerprint density at radius 3 is 2.65 bits per heavy atom. The number of rotatable bonds is 3. The van der Waals surface area contributed by atoms with Crippen molar-refractivity contribution in [2.45, 2.75) is 26.7 Å². The van der Waals surface area contributed by atoms with Crippen LogP contribution in [-0.4, -0.2) is 34.1 Å². The molecule has 1 aromatic carbocycles. The first-order valence-electron chi connectivity index (χ1n) is 8.36. The molecule has 1 aliphatic rings. The van der Waals surface area contributed by atoms with Crippen LogP contribution in [0.2, 0.25) is 0 Å². The van der Waals surface area contributed by atoms with Gasteiger partial charge in [-0.3, -0.25) is 10.1 Å². The zero-order valence-corrected chi connectivity index (χ0v) is 15.5. The van der Waals surface area contributed by atoms with Gasteiger partial charge in [0.1, 0.15) is 19.0 Å². The molecule has 8 heteroatoms. The first kappa shape index (κ1) is 16.7. The molecule has 0 atom stereocenters. The average Bonchev–Trinajstić information content (AvgIpc) is 3.00. The minimum absolute atomic E-state index is 0.119. The van der Waals surface area contributed by atoms with Gasteiger partial charge in [-0.25, -0.2) is 15.0 Å². The van der Waals surface area contributed by atoms with E-state index in [9.17, 15) is 4.79 Å². The second-order valence-electron chi connectivity index (χ2n) is 6.31. The fourth-order valence-electron chi connectivity index (χ4n) is 2.79. The number of amides is 1. The lowest BCUT2D eigenvalue weighted by atomic mass is 10.0. The minimum Gasteiger partial charge on any atom is -0.486 e. The van der Waals surface area contributed by atoms with Crippen LogP contribution in [0.3, 0.4) is 0 Å². The monoisotopic (exact) mass is 370 g/mol. The van der Waals surface area contributed by atoms with E-state index in [2.05, 4.69) is 20.3 Å². The van der Waals surface area contributed by atoms with Gasteiger partial charge in [-0.15, -0.1) is 0 Å². The Hall–Kier alpha value is -2.74. The van der Waals surface area contributed by atoms with Crippen molar-refractivity contribution in [1.29, 1.82) is 0 Å². The SMILES string of the molecule is Cc1ncc(C(=O)Nc2nc3cc4c(cc3s2)OCCO4)c(C(C)C)n1. The summed E-state index contributed by atoms with van der Waals surface area (Å²) in [6.07, 6.45) is 1.57. The van der Waals surface area contributed by atoms with E-state index in [4.69, 9.17) is 9.47 Å². The molecule has 0 aliphatic carbocycles. The topological polar surface area (TPSA) is 86.2 Å². The highest BCUT2D eigenvalue weighted by Crippen LogP contribution is 2.38. The number of carbonyl (C=O) groups excluding carboxylic acids is 1. The molecule has 0 unspecified atom stereocenters. The van der Waals surface area contributed by atoms with Gasteiger partial charge in [0.2, 0.25) is 0 Å². The van der Waals surface area contributed by atoms with E-state index in [0.29, 0.717) is 41.2 Å². The lowest BCUT2D eigenvalue weighted by Gasteiger charge is -2.17. The Morgan fingerprint density at radius 2 is 1.92 bits per heavy atom. The van der Waals surface area contributed by atoms with Gasteiger partial charge >= 0.3 is 0 Å². The summed E-state index contributed by atoms with van der Waals surface area (Å²) < 4.78 is 12.1. The minimum atomic E-state index is -0.259. The molecule has 0 saturated carbocycles. The Morgan fingerprint density at radius 1 is 1.19 bits per heavy atom. The molecule has 0 spiro atoms. The summed E-state index contributed by atoms with van der Waals surface area (Å²) in [4.78, 5) is 25.8. The predicted octanol–water partition coefficient (Wildman–Crippen LogP) is 3.54. The van der Waals surface area contributed by atoms with Crippen LogP contribution in [0.25, 0.3) is 10.2 Å². The quantitative estimate of drug-likeness (QED) is 0.759. The van der Waals surface area contributed by atoms with E-state index in [0.717, 1.165) is 15.9 Å². The van der Waals surface area contributed by atoms with Crippen molar-refractivity contribution in [3.8, 4) is 11.5 Å². The summed E-state index contributed by atoms with van der Waals surface area (Å²) >= 11 is 1.39. The van der Waals surface area contributed by atoms with Crippen molar-refractivity contribution in [3.63, 3.8) is 0 Å². The molecular weight excluding hydrogens is 352 g/mol. The lowest BCUT2D eigenvalue weighted by molar-refractivity contribution is 0.102. The van der Waals surface area contributed by atoms with Crippen LogP contribution < -0.4 is 14.8 Å². The molecule has 0 fully saturated rings. The lowest BCUT2D eigenvalue weighted by Crippen LogP contribution is -2.17. The number of fused-ring (bicyclic) bond motifs is 2. The highest BCUT2D eigenvalue weighted by atomic mass is 32.1. The molecule has 0 radical (unpaired) electrons. The Bertz CT molecular complexity index is 957. The van der Waals surface area contributed by atoms with Gasteiger partial charge in [-0.1, -0.05) is 25.2 Å². The number of hydrogen-bond donors (Lipinski definition) is 1. The third-order valence-corrected chi connectivity index (χ3v) is 4.94. The molecule has 1 aliphatic heterocycles. The third kappa shape index (κ3) is 3.08. The molecule has 3 heterocycles. The summed E-state index contributed by atoms with van der Waals surface area (Å²) in [5.74, 6) is 1.90. The predicted molar refractivity (Wildman–Crippen MR) is 99.4 cm³/mol. The number of benzene rings is 1. The Balaban J connectivity index is 1.64. The number of aryl methyl sites for hydroxylation is 1. The first-order chi connectivity index (χ1) is 12.5. The van der Waals surface area contributed by atoms with Gasteiger partial charge < -0.3 is 9.47 Å². The summed E-state index contributed by atoms with van der Waals surface area (Å²) in [6.45, 7) is 6.87. The van der Waals surface area contributed by atoms with Crippen LogP contribution in [0.4, 0.5) is 5.13 Å². The van der Waals surface area contributed by atoms with Crippen LogP contribution in [-0.2, 0) is 0 Å². The maximum atomic E-state index is 12.7. The van der Waals surface area contributed by atoms with E-state index in [1.807, 2.05) is 32.9 Å². The zero-order chi connectivity index (χ0) is 18.3. The van der Waals surface area contributed by atoms with Crippen LogP contribution in [0.5, 0.6) is 11.5 Å². The van der Waals surface area contributed by atoms with Crippen LogP contribution >= 0.6 is 11.3 Å². The van der Waals surface area contributed by atoms with Gasteiger partial charge in [-0.05, 0) is 12.8 Å². The Labute approximate surface area is 154 Å². The van der Waals surface area contributed by atoms with Gasteiger partial charge in [-0.2, -0.15) is 0 Å². The largest absolute Gasteiger partial charge is 0.486 e. The number of thiazole rings is 1. The third-order valence-electron chi connectivity index (χ3n) is 4.00. The van der Waals surface area contributed by atoms with Gasteiger partial charge in [0.15, 0.2) is 16.6 Å². The number of carbonyl (C=O) groups is 1. The van der Waals surface area contributed by atoms with Crippen molar-refractivity contribution in [2.75, 3.05) is 18.5 Å². The van der Waals surface area contributed by atoms with Gasteiger partial charge in [0, 0.05) is 18.3 Å². The molecule has 3 aromatic rings. The normalized spacial score (nSPS) is 13.2. The maximum Gasteiger partial charge on any atom is 0.260 e. The second-order valence-corrected chi connectivity index (χ2v) is 7.34. The van der Waals surface area contributed by atoms with Crippen molar-refractivity contribution < 1.29 is 14.3 Å². The van der Waals surface area contributed by atoms with Crippen molar-refractivity contribution in [2.24, 2.45) is 0 Å². The molecular formula is C18H18N4O3S. The number of anilines is 1. The molecule has 2 aromatic heterocycles. The summed E-state index contributed by atoms with van der Waals surface area (Å²) in [6, 6.07) is 3.73. The number of hydrogen-bond acceptors (Lipinski definition) is 7. The fraction of sp³-hybridized carbons (Fsp3) is 0.333. The van der Waals surface area contributed by atoms with Crippen molar-refractivity contribution in [3.05, 3.63) is 35.4 Å². The average molecular weight is 370 g/mol. The molecule has 1 N–H and O–H groups in total. The maximum absolute atomic E-state index is 12.7. The summed E-state index contributed by atoms with van der Waals surface area (Å²) in [5, 5.41) is 3.38. The van der Waals surface area contributed by atoms with Crippen molar-refractivity contribution in [1.82, 2.24) is 15.0 Å². The number of nitrogens with one attached hydrogen (secondary N) is 1. The highest BCUT2D eigenvalue weighted by Gasteiger charge is 2.19. The molecule has 4 rings (SSSR count). The van der Waals surface area contributed by atoms with Crippen LogP contribution in [0.1, 0.15) is 41.6 Å². The number of nitrogens with zero attached hydrogens (tertiary/aromatic N) is 3. The Kier molecular flexibility index (Phi) is 4.20. The van der Waals surface area contributed by atoms with Gasteiger partial charge in [0.25, 0.3) is 5.91 Å². The van der Waals surface area contributed by atoms with Gasteiger partial charge in [0.05, 0.1) is 21.5 Å². The van der Waals surface area contributed by atoms with E-state index in [1.165, 1.54) is 11.3 Å². The van der Waals surface area contributed by atoms with E-state index < -0.39 is 0 Å². The number of ether oxygens (including phenoxy) is 2. The highest BCUT2D eigenvalue weighted by molar-refractivity contribution is 7.22. The van der Waals surface area contributed by atoms with E-state index in [-0.39, 0.29) is 11.8 Å². The number of aromatic nitrogens is 3. The smallest absolute Gasteiger partial charge is 0.260 e. The van der Waals surface area contributed by atoms with Crippen LogP contribution in [0, 0.1) is 6.92 Å². The first-order valence-corrected chi connectivity index (χ1v) is 9.18. The van der Waals surface area contributed by atoms with E-state index in [1.54, 1.807) is 6.20 Å². The fourth-order valence-corrected chi connectivity index (χ4v) is 3.66. The zero-order valence-electron chi connectivity index (χ0n) is 14.7.